The van der Waals surface area contributed by atoms with Gasteiger partial charge < -0.3 is 9.15 Å². The van der Waals surface area contributed by atoms with Crippen LogP contribution in [0.2, 0.25) is 0 Å². The monoisotopic (exact) mass is 376 g/mol. The molecule has 26 heavy (non-hydrogen) atoms. The number of furan rings is 1. The molecule has 0 unspecified atom stereocenters. The number of carbonyl (C=O) groups excluding carboxylic acids is 1. The lowest BCUT2D eigenvalue weighted by atomic mass is 9.93. The lowest BCUT2D eigenvalue weighted by Crippen LogP contribution is -2.22. The minimum Gasteiger partial charge on any atom is -0.463 e. The first-order valence-corrected chi connectivity index (χ1v) is 9.68. The fourth-order valence-corrected chi connectivity index (χ4v) is 3.78. The molecule has 1 aromatic heterocycles. The lowest BCUT2D eigenvalue weighted by molar-refractivity contribution is 0.0562. The van der Waals surface area contributed by atoms with Crippen LogP contribution in [0.5, 0.6) is 0 Å². The van der Waals surface area contributed by atoms with Crippen molar-refractivity contribution in [1.82, 2.24) is 4.83 Å². The lowest BCUT2D eigenvalue weighted by Gasteiger charge is -2.14. The number of aryl methyl sites for hydroxylation is 2. The molecule has 0 spiro atoms. The molecule has 3 rings (SSSR count). The Kier molecular flexibility index (Phi) is 4.86. The van der Waals surface area contributed by atoms with Crippen molar-refractivity contribution in [3.63, 3.8) is 0 Å². The molecular formula is C18H20N2O5S. The summed E-state index contributed by atoms with van der Waals surface area (Å²) in [7, 11) is -2.48. The Morgan fingerprint density at radius 3 is 2.54 bits per heavy atom. The zero-order valence-electron chi connectivity index (χ0n) is 14.8. The van der Waals surface area contributed by atoms with Crippen molar-refractivity contribution in [3.05, 3.63) is 52.5 Å². The van der Waals surface area contributed by atoms with Gasteiger partial charge in [0.05, 0.1) is 17.7 Å². The van der Waals surface area contributed by atoms with Gasteiger partial charge in [0.2, 0.25) is 5.76 Å². The molecular weight excluding hydrogens is 356 g/mol. The molecule has 0 saturated heterocycles. The van der Waals surface area contributed by atoms with Gasteiger partial charge in [0.1, 0.15) is 5.76 Å². The second-order valence-corrected chi connectivity index (χ2v) is 7.83. The second-order valence-electron chi connectivity index (χ2n) is 6.17. The predicted octanol–water partition coefficient (Wildman–Crippen LogP) is 2.70. The van der Waals surface area contributed by atoms with E-state index in [-0.39, 0.29) is 10.7 Å². The Balaban J connectivity index is 1.93. The van der Waals surface area contributed by atoms with E-state index in [1.807, 2.05) is 6.92 Å². The molecule has 0 radical (unpaired) electrons. The Bertz CT molecular complexity index is 972. The van der Waals surface area contributed by atoms with Gasteiger partial charge in [-0.25, -0.2) is 4.79 Å². The number of nitrogens with one attached hydrogen (secondary N) is 1. The van der Waals surface area contributed by atoms with Gasteiger partial charge >= 0.3 is 5.97 Å². The molecule has 0 aliphatic heterocycles. The molecule has 1 aliphatic carbocycles. The van der Waals surface area contributed by atoms with E-state index in [4.69, 9.17) is 9.15 Å². The fourth-order valence-electron chi connectivity index (χ4n) is 2.95. The standard InChI is InChI=1S/C18H20N2O5S/c1-11-7-9-13(10-8-11)26(22,23)20-19-14-5-4-6-15-16(14)12(2)17(25-15)18(21)24-3/h7-10,20H,4-6H2,1-3H3/b19-14+. The van der Waals surface area contributed by atoms with Crippen LogP contribution in [0.1, 0.15) is 45.8 Å². The Hall–Kier alpha value is -2.61. The maximum atomic E-state index is 12.4. The van der Waals surface area contributed by atoms with Gasteiger partial charge in [0.15, 0.2) is 0 Å². The summed E-state index contributed by atoms with van der Waals surface area (Å²) in [4.78, 5) is 14.2. The predicted molar refractivity (Wildman–Crippen MR) is 95.8 cm³/mol. The van der Waals surface area contributed by atoms with Crippen molar-refractivity contribution in [2.45, 2.75) is 38.0 Å². The highest BCUT2D eigenvalue weighted by atomic mass is 32.2. The third kappa shape index (κ3) is 3.37. The van der Waals surface area contributed by atoms with Crippen molar-refractivity contribution in [2.75, 3.05) is 7.11 Å². The molecule has 1 heterocycles. The molecule has 7 nitrogen and oxygen atoms in total. The third-order valence-corrected chi connectivity index (χ3v) is 5.55. The molecule has 2 aromatic rings. The van der Waals surface area contributed by atoms with Gasteiger partial charge in [-0.05, 0) is 38.8 Å². The number of sulfonamides is 1. The first kappa shape index (κ1) is 18.2. The molecule has 1 N–H and O–H groups in total. The number of ether oxygens (including phenoxy) is 1. The number of carbonyl (C=O) groups is 1. The van der Waals surface area contributed by atoms with Crippen LogP contribution in [0.4, 0.5) is 0 Å². The first-order chi connectivity index (χ1) is 12.3. The first-order valence-electron chi connectivity index (χ1n) is 8.19. The number of hydrogen-bond donors (Lipinski definition) is 1. The maximum absolute atomic E-state index is 12.4. The van der Waals surface area contributed by atoms with Gasteiger partial charge in [-0.2, -0.15) is 18.4 Å². The number of fused-ring (bicyclic) bond motifs is 1. The number of hydrogen-bond acceptors (Lipinski definition) is 6. The van der Waals surface area contributed by atoms with Crippen molar-refractivity contribution in [3.8, 4) is 0 Å². The van der Waals surface area contributed by atoms with Gasteiger partial charge in [0, 0.05) is 17.5 Å². The average Bonchev–Trinajstić information content (AvgIpc) is 2.97. The maximum Gasteiger partial charge on any atom is 0.374 e. The Labute approximate surface area is 152 Å². The van der Waals surface area contributed by atoms with Crippen LogP contribution in [0.15, 0.2) is 38.7 Å². The minimum atomic E-state index is -3.77. The van der Waals surface area contributed by atoms with Crippen molar-refractivity contribution in [2.24, 2.45) is 5.10 Å². The van der Waals surface area contributed by atoms with Crippen LogP contribution in [0.3, 0.4) is 0 Å². The van der Waals surface area contributed by atoms with E-state index in [0.717, 1.165) is 12.0 Å². The number of esters is 1. The van der Waals surface area contributed by atoms with Crippen LogP contribution in [0.25, 0.3) is 0 Å². The molecule has 0 saturated carbocycles. The molecule has 0 bridgehead atoms. The van der Waals surface area contributed by atoms with Crippen molar-refractivity contribution in [1.29, 1.82) is 0 Å². The molecule has 8 heteroatoms. The van der Waals surface area contributed by atoms with Crippen molar-refractivity contribution < 1.29 is 22.4 Å². The van der Waals surface area contributed by atoms with Crippen LogP contribution < -0.4 is 4.83 Å². The van der Waals surface area contributed by atoms with E-state index >= 15 is 0 Å². The van der Waals surface area contributed by atoms with E-state index in [0.29, 0.717) is 35.4 Å². The fraction of sp³-hybridized carbons (Fsp3) is 0.333. The summed E-state index contributed by atoms with van der Waals surface area (Å²) in [6, 6.07) is 6.51. The summed E-state index contributed by atoms with van der Waals surface area (Å²) in [5, 5.41) is 4.12. The Morgan fingerprint density at radius 2 is 1.88 bits per heavy atom. The summed E-state index contributed by atoms with van der Waals surface area (Å²) >= 11 is 0. The Morgan fingerprint density at radius 1 is 1.19 bits per heavy atom. The van der Waals surface area contributed by atoms with Gasteiger partial charge in [-0.15, -0.1) is 0 Å². The molecule has 0 atom stereocenters. The summed E-state index contributed by atoms with van der Waals surface area (Å²) in [6.45, 7) is 3.62. The topological polar surface area (TPSA) is 98.0 Å². The zero-order chi connectivity index (χ0) is 18.9. The third-order valence-electron chi connectivity index (χ3n) is 4.33. The molecule has 0 amide bonds. The SMILES string of the molecule is COC(=O)c1oc2c(c1C)/C(=N/NS(=O)(=O)c1ccc(C)cc1)CCC2. The summed E-state index contributed by atoms with van der Waals surface area (Å²) in [5.74, 6) is 0.201. The van der Waals surface area contributed by atoms with Gasteiger partial charge in [0.25, 0.3) is 10.0 Å². The summed E-state index contributed by atoms with van der Waals surface area (Å²) < 4.78 is 35.2. The highest BCUT2D eigenvalue weighted by molar-refractivity contribution is 7.89. The molecule has 1 aliphatic rings. The van der Waals surface area contributed by atoms with E-state index < -0.39 is 16.0 Å². The quantitative estimate of drug-likeness (QED) is 0.653. The van der Waals surface area contributed by atoms with Crippen LogP contribution in [0, 0.1) is 13.8 Å². The van der Waals surface area contributed by atoms with E-state index in [9.17, 15) is 13.2 Å². The number of benzene rings is 1. The largest absolute Gasteiger partial charge is 0.463 e. The highest BCUT2D eigenvalue weighted by Gasteiger charge is 2.28. The van der Waals surface area contributed by atoms with E-state index in [1.54, 1.807) is 19.1 Å². The smallest absolute Gasteiger partial charge is 0.374 e. The number of hydrazone groups is 1. The van der Waals surface area contributed by atoms with Gasteiger partial charge in [-0.1, -0.05) is 17.7 Å². The minimum absolute atomic E-state index is 0.133. The average molecular weight is 376 g/mol. The van der Waals surface area contributed by atoms with Crippen LogP contribution in [-0.2, 0) is 21.2 Å². The second kappa shape index (κ2) is 6.95. The number of nitrogens with zero attached hydrogens (tertiary/aromatic N) is 1. The molecule has 0 fully saturated rings. The van der Waals surface area contributed by atoms with Crippen LogP contribution in [-0.4, -0.2) is 27.2 Å². The van der Waals surface area contributed by atoms with Gasteiger partial charge in [-0.3, -0.25) is 0 Å². The van der Waals surface area contributed by atoms with Crippen LogP contribution >= 0.6 is 0 Å². The zero-order valence-corrected chi connectivity index (χ0v) is 15.6. The van der Waals surface area contributed by atoms with E-state index in [2.05, 4.69) is 9.93 Å². The van der Waals surface area contributed by atoms with Crippen molar-refractivity contribution >= 4 is 21.7 Å². The number of methoxy groups -OCH3 is 1. The normalized spacial score (nSPS) is 15.6. The molecule has 1 aromatic carbocycles. The van der Waals surface area contributed by atoms with E-state index in [1.165, 1.54) is 19.2 Å². The summed E-state index contributed by atoms with van der Waals surface area (Å²) in [5.41, 5.74) is 2.82. The summed E-state index contributed by atoms with van der Waals surface area (Å²) in [6.07, 6.45) is 2.01. The highest BCUT2D eigenvalue weighted by Crippen LogP contribution is 2.30. The molecule has 138 valence electrons. The number of rotatable bonds is 4.